The van der Waals surface area contributed by atoms with Crippen molar-refractivity contribution in [1.82, 2.24) is 10.2 Å². The molecule has 6 heteroatoms. The number of rotatable bonds is 1. The number of ether oxygens (including phenoxy) is 1. The van der Waals surface area contributed by atoms with E-state index in [9.17, 15) is 4.79 Å². The van der Waals surface area contributed by atoms with Crippen molar-refractivity contribution in [2.45, 2.75) is 6.04 Å². The van der Waals surface area contributed by atoms with E-state index in [1.165, 1.54) is 0 Å². The highest BCUT2D eigenvalue weighted by atomic mass is 32.1. The molecule has 5 nitrogen and oxygen atoms in total. The molecule has 1 atom stereocenters. The monoisotopic (exact) mass is 237 g/mol. The third-order valence-corrected chi connectivity index (χ3v) is 2.63. The summed E-state index contributed by atoms with van der Waals surface area (Å²) in [6, 6.07) is -0.660. The molecule has 1 aliphatic heterocycles. The maximum atomic E-state index is 11.1. The van der Waals surface area contributed by atoms with Crippen LogP contribution in [-0.2, 0) is 4.74 Å². The number of hydrogen-bond donors (Lipinski definition) is 1. The zero-order chi connectivity index (χ0) is 11.7. The number of hydrogen-bond acceptors (Lipinski definition) is 3. The molecule has 1 unspecified atom stereocenters. The third kappa shape index (κ3) is 1.96. The van der Waals surface area contributed by atoms with E-state index >= 15 is 0 Å². The van der Waals surface area contributed by atoms with Crippen molar-refractivity contribution in [3.8, 4) is 0 Å². The van der Waals surface area contributed by atoms with E-state index in [2.05, 4.69) is 10.3 Å². The van der Waals surface area contributed by atoms with Crippen LogP contribution in [0.2, 0.25) is 0 Å². The van der Waals surface area contributed by atoms with E-state index in [1.54, 1.807) is 37.2 Å². The van der Waals surface area contributed by atoms with E-state index in [-0.39, 0.29) is 12.1 Å². The van der Waals surface area contributed by atoms with Gasteiger partial charge < -0.3 is 15.0 Å². The smallest absolute Gasteiger partial charge is 0.342 e. The Hall–Kier alpha value is -1.69. The molecular weight excluding hydrogens is 226 g/mol. The molecule has 0 saturated carbocycles. The van der Waals surface area contributed by atoms with Crippen molar-refractivity contribution < 1.29 is 9.53 Å². The van der Waals surface area contributed by atoms with Crippen LogP contribution in [0.1, 0.15) is 0 Å². The number of thiocarbonyl (C=S) groups is 1. The normalized spacial score (nSPS) is 21.9. The van der Waals surface area contributed by atoms with Gasteiger partial charge >= 0.3 is 6.03 Å². The van der Waals surface area contributed by atoms with Crippen LogP contribution < -0.4 is 5.32 Å². The van der Waals surface area contributed by atoms with Crippen molar-refractivity contribution in [3.63, 3.8) is 0 Å². The predicted octanol–water partition coefficient (Wildman–Crippen LogP) is 0.836. The second kappa shape index (κ2) is 4.05. The molecular formula is C10H11N3O2S. The quantitative estimate of drug-likeness (QED) is 0.686. The van der Waals surface area contributed by atoms with Crippen LogP contribution in [0.5, 0.6) is 0 Å². The van der Waals surface area contributed by atoms with Crippen LogP contribution in [0.25, 0.3) is 0 Å². The molecule has 2 aliphatic rings. The summed E-state index contributed by atoms with van der Waals surface area (Å²) in [5.41, 5.74) is 0.657. The molecule has 1 heterocycles. The Labute approximate surface area is 98.5 Å². The number of amides is 2. The Morgan fingerprint density at radius 2 is 2.38 bits per heavy atom. The summed E-state index contributed by atoms with van der Waals surface area (Å²) in [6.07, 6.45) is 5.32. The fourth-order valence-corrected chi connectivity index (χ4v) is 1.48. The van der Waals surface area contributed by atoms with Gasteiger partial charge in [-0.15, -0.1) is 0 Å². The van der Waals surface area contributed by atoms with Gasteiger partial charge in [0, 0.05) is 14.1 Å². The first kappa shape index (κ1) is 10.8. The number of carbonyl (C=O) groups is 1. The zero-order valence-corrected chi connectivity index (χ0v) is 9.75. The Morgan fingerprint density at radius 1 is 1.62 bits per heavy atom. The molecule has 0 spiro atoms. The van der Waals surface area contributed by atoms with Crippen LogP contribution >= 0.6 is 12.2 Å². The van der Waals surface area contributed by atoms with Gasteiger partial charge in [-0.25, -0.2) is 4.79 Å². The first-order valence-electron chi connectivity index (χ1n) is 4.74. The molecule has 2 rings (SSSR count). The van der Waals surface area contributed by atoms with Gasteiger partial charge in [0.1, 0.15) is 11.8 Å². The molecule has 0 aromatic rings. The fraction of sp³-hybridized carbons (Fsp3) is 0.300. The average Bonchev–Trinajstić information content (AvgIpc) is 2.59. The summed E-state index contributed by atoms with van der Waals surface area (Å²) in [4.78, 5) is 16.6. The van der Waals surface area contributed by atoms with E-state index in [0.717, 1.165) is 0 Å². The first-order chi connectivity index (χ1) is 7.58. The summed E-state index contributed by atoms with van der Waals surface area (Å²) >= 11 is 5.03. The van der Waals surface area contributed by atoms with Crippen molar-refractivity contribution in [2.75, 3.05) is 14.1 Å². The lowest BCUT2D eigenvalue weighted by molar-refractivity contribution is 0.248. The maximum absolute atomic E-state index is 11.1. The van der Waals surface area contributed by atoms with Crippen LogP contribution in [0.3, 0.4) is 0 Å². The lowest BCUT2D eigenvalue weighted by atomic mass is 10.1. The summed E-state index contributed by atoms with van der Waals surface area (Å²) in [6.45, 7) is 0. The van der Waals surface area contributed by atoms with E-state index in [0.29, 0.717) is 16.6 Å². The van der Waals surface area contributed by atoms with Crippen LogP contribution in [-0.4, -0.2) is 42.0 Å². The van der Waals surface area contributed by atoms with Crippen molar-refractivity contribution in [2.24, 2.45) is 4.99 Å². The fourth-order valence-electron chi connectivity index (χ4n) is 1.38. The standard InChI is InChI=1S/C10H11N3O2S/c1-13(2)10(16)15-7-5-3-4-6-8(7)12-9(14)11-6/h3-5,8H,1-2H3,(H,12,14). The molecule has 0 aromatic carbocycles. The van der Waals surface area contributed by atoms with Gasteiger partial charge in [0.05, 0.1) is 5.71 Å². The number of nitrogens with one attached hydrogen (secondary N) is 1. The van der Waals surface area contributed by atoms with E-state index in [4.69, 9.17) is 17.0 Å². The third-order valence-electron chi connectivity index (χ3n) is 2.18. The Kier molecular flexibility index (Phi) is 2.74. The molecule has 84 valence electrons. The topological polar surface area (TPSA) is 53.9 Å². The van der Waals surface area contributed by atoms with Crippen LogP contribution in [0, 0.1) is 0 Å². The average molecular weight is 237 g/mol. The number of urea groups is 1. The SMILES string of the molecule is CN(C)C(=S)OC1=CC=CC2=NC(=O)NC12. The molecule has 0 saturated heterocycles. The van der Waals surface area contributed by atoms with Gasteiger partial charge in [0.15, 0.2) is 0 Å². The number of allylic oxidation sites excluding steroid dienone is 2. The predicted molar refractivity (Wildman–Crippen MR) is 64.3 cm³/mol. The molecule has 16 heavy (non-hydrogen) atoms. The highest BCUT2D eigenvalue weighted by Gasteiger charge is 2.31. The summed E-state index contributed by atoms with van der Waals surface area (Å²) in [5, 5.41) is 3.03. The lowest BCUT2D eigenvalue weighted by Crippen LogP contribution is -2.37. The zero-order valence-electron chi connectivity index (χ0n) is 8.93. The lowest BCUT2D eigenvalue weighted by Gasteiger charge is -2.21. The highest BCUT2D eigenvalue weighted by Crippen LogP contribution is 2.17. The number of carbonyl (C=O) groups excluding carboxylic acids is 1. The van der Waals surface area contributed by atoms with Crippen molar-refractivity contribution >= 4 is 29.1 Å². The second-order valence-corrected chi connectivity index (χ2v) is 3.96. The van der Waals surface area contributed by atoms with E-state index < -0.39 is 0 Å². The van der Waals surface area contributed by atoms with Gasteiger partial charge in [-0.2, -0.15) is 4.99 Å². The molecule has 1 aliphatic carbocycles. The van der Waals surface area contributed by atoms with Gasteiger partial charge in [0.2, 0.25) is 0 Å². The van der Waals surface area contributed by atoms with Gasteiger partial charge in [-0.1, -0.05) is 6.08 Å². The number of nitrogens with zero attached hydrogens (tertiary/aromatic N) is 2. The van der Waals surface area contributed by atoms with Crippen molar-refractivity contribution in [3.05, 3.63) is 24.0 Å². The minimum absolute atomic E-state index is 0.310. The summed E-state index contributed by atoms with van der Waals surface area (Å²) in [7, 11) is 3.59. The second-order valence-electron chi connectivity index (χ2n) is 3.61. The largest absolute Gasteiger partial charge is 0.434 e. The number of aliphatic imine (C=N–C) groups is 1. The van der Waals surface area contributed by atoms with Crippen molar-refractivity contribution in [1.29, 1.82) is 0 Å². The van der Waals surface area contributed by atoms with Crippen LogP contribution in [0.15, 0.2) is 29.0 Å². The molecule has 0 radical (unpaired) electrons. The van der Waals surface area contributed by atoms with E-state index in [1.807, 2.05) is 0 Å². The molecule has 2 amide bonds. The summed E-state index contributed by atoms with van der Waals surface area (Å²) in [5.74, 6) is 0.589. The molecule has 0 bridgehead atoms. The van der Waals surface area contributed by atoms with Gasteiger partial charge in [-0.3, -0.25) is 0 Å². The molecule has 0 fully saturated rings. The van der Waals surface area contributed by atoms with Gasteiger partial charge in [0.25, 0.3) is 5.17 Å². The minimum Gasteiger partial charge on any atom is -0.434 e. The molecule has 0 aromatic heterocycles. The Balaban J connectivity index is 2.15. The first-order valence-corrected chi connectivity index (χ1v) is 5.15. The summed E-state index contributed by atoms with van der Waals surface area (Å²) < 4.78 is 5.49. The Bertz CT molecular complexity index is 437. The maximum Gasteiger partial charge on any atom is 0.342 e. The Morgan fingerprint density at radius 3 is 3.06 bits per heavy atom. The highest BCUT2D eigenvalue weighted by molar-refractivity contribution is 7.80. The minimum atomic E-state index is -0.350. The van der Waals surface area contributed by atoms with Gasteiger partial charge in [-0.05, 0) is 24.4 Å². The number of fused-ring (bicyclic) bond motifs is 1. The van der Waals surface area contributed by atoms with Crippen LogP contribution in [0.4, 0.5) is 4.79 Å². The molecule has 1 N–H and O–H groups in total.